The van der Waals surface area contributed by atoms with Gasteiger partial charge in [0.15, 0.2) is 11.5 Å². The highest BCUT2D eigenvalue weighted by molar-refractivity contribution is 5.45. The summed E-state index contributed by atoms with van der Waals surface area (Å²) in [7, 11) is 0. The first-order valence-corrected chi connectivity index (χ1v) is 6.02. The van der Waals surface area contributed by atoms with Gasteiger partial charge in [-0.15, -0.1) is 8.78 Å². The maximum absolute atomic E-state index is 12.9. The van der Waals surface area contributed by atoms with Crippen LogP contribution in [-0.2, 0) is 6.42 Å². The number of rotatable bonds is 3. The second kappa shape index (κ2) is 3.82. The summed E-state index contributed by atoms with van der Waals surface area (Å²) in [4.78, 5) is 0. The standard InChI is InChI=1S/C13H14F2O3/c14-13(15)17-10-3-2-9(6-11(10)18-13)7-12(8-16)4-1-5-12/h2-3,6,16H,1,4-5,7-8H2. The van der Waals surface area contributed by atoms with Crippen LogP contribution in [-0.4, -0.2) is 18.0 Å². The summed E-state index contributed by atoms with van der Waals surface area (Å²) in [5.74, 6) is 0.139. The summed E-state index contributed by atoms with van der Waals surface area (Å²) in [6, 6.07) is 4.82. The Morgan fingerprint density at radius 3 is 2.50 bits per heavy atom. The van der Waals surface area contributed by atoms with Crippen molar-refractivity contribution in [1.82, 2.24) is 0 Å². The average molecular weight is 256 g/mol. The lowest BCUT2D eigenvalue weighted by atomic mass is 9.66. The molecule has 1 aliphatic carbocycles. The molecule has 0 bridgehead atoms. The number of halogens is 2. The van der Waals surface area contributed by atoms with Crippen molar-refractivity contribution in [2.75, 3.05) is 6.61 Å². The van der Waals surface area contributed by atoms with Crippen LogP contribution in [0.1, 0.15) is 24.8 Å². The molecule has 1 saturated carbocycles. The molecule has 18 heavy (non-hydrogen) atoms. The van der Waals surface area contributed by atoms with E-state index < -0.39 is 6.29 Å². The highest BCUT2D eigenvalue weighted by atomic mass is 19.3. The normalized spacial score (nSPS) is 22.6. The Hall–Kier alpha value is -1.36. The number of fused-ring (bicyclic) bond motifs is 1. The minimum atomic E-state index is -3.56. The molecule has 0 unspecified atom stereocenters. The molecule has 1 N–H and O–H groups in total. The van der Waals surface area contributed by atoms with Crippen molar-refractivity contribution in [3.63, 3.8) is 0 Å². The van der Waals surface area contributed by atoms with Gasteiger partial charge >= 0.3 is 6.29 Å². The smallest absolute Gasteiger partial charge is 0.396 e. The Labute approximate surface area is 103 Å². The second-order valence-corrected chi connectivity index (χ2v) is 5.14. The zero-order valence-electron chi connectivity index (χ0n) is 9.79. The molecule has 0 radical (unpaired) electrons. The Kier molecular flexibility index (Phi) is 2.48. The predicted molar refractivity (Wildman–Crippen MR) is 59.7 cm³/mol. The highest BCUT2D eigenvalue weighted by Crippen LogP contribution is 2.46. The molecule has 2 aliphatic rings. The fraction of sp³-hybridized carbons (Fsp3) is 0.538. The molecule has 0 atom stereocenters. The molecule has 0 amide bonds. The van der Waals surface area contributed by atoms with Crippen LogP contribution in [0.25, 0.3) is 0 Å². The molecule has 3 rings (SSSR count). The molecular formula is C13H14F2O3. The molecule has 3 nitrogen and oxygen atoms in total. The monoisotopic (exact) mass is 256 g/mol. The number of ether oxygens (including phenoxy) is 2. The largest absolute Gasteiger partial charge is 0.586 e. The lowest BCUT2D eigenvalue weighted by molar-refractivity contribution is -0.286. The molecule has 1 aliphatic heterocycles. The quantitative estimate of drug-likeness (QED) is 0.903. The van der Waals surface area contributed by atoms with E-state index in [1.807, 2.05) is 0 Å². The van der Waals surface area contributed by atoms with Crippen LogP contribution >= 0.6 is 0 Å². The Bertz CT molecular complexity index is 464. The lowest BCUT2D eigenvalue weighted by Gasteiger charge is -2.40. The zero-order chi connectivity index (χ0) is 12.8. The topological polar surface area (TPSA) is 38.7 Å². The summed E-state index contributed by atoms with van der Waals surface area (Å²) < 4.78 is 34.5. The Morgan fingerprint density at radius 1 is 1.17 bits per heavy atom. The maximum Gasteiger partial charge on any atom is 0.586 e. The van der Waals surface area contributed by atoms with Gasteiger partial charge in [-0.25, -0.2) is 0 Å². The molecular weight excluding hydrogens is 242 g/mol. The first kappa shape index (κ1) is 11.7. The molecule has 1 heterocycles. The molecule has 0 saturated heterocycles. The zero-order valence-corrected chi connectivity index (χ0v) is 9.79. The van der Waals surface area contributed by atoms with Crippen molar-refractivity contribution in [3.8, 4) is 11.5 Å². The number of alkyl halides is 2. The third-order valence-electron chi connectivity index (χ3n) is 3.79. The third-order valence-corrected chi connectivity index (χ3v) is 3.79. The van der Waals surface area contributed by atoms with Gasteiger partial charge < -0.3 is 14.6 Å². The van der Waals surface area contributed by atoms with Gasteiger partial charge in [0, 0.05) is 6.61 Å². The van der Waals surface area contributed by atoms with Gasteiger partial charge in [0.2, 0.25) is 0 Å². The van der Waals surface area contributed by atoms with Crippen molar-refractivity contribution in [2.24, 2.45) is 5.41 Å². The first-order valence-electron chi connectivity index (χ1n) is 6.02. The van der Waals surface area contributed by atoms with Crippen LogP contribution in [0.3, 0.4) is 0 Å². The van der Waals surface area contributed by atoms with E-state index in [-0.39, 0.29) is 23.5 Å². The maximum atomic E-state index is 12.9. The van der Waals surface area contributed by atoms with Gasteiger partial charge in [0.1, 0.15) is 0 Å². The van der Waals surface area contributed by atoms with E-state index in [4.69, 9.17) is 0 Å². The van der Waals surface area contributed by atoms with E-state index in [1.165, 1.54) is 6.07 Å². The first-order chi connectivity index (χ1) is 8.52. The van der Waals surface area contributed by atoms with E-state index in [0.717, 1.165) is 24.8 Å². The summed E-state index contributed by atoms with van der Waals surface area (Å²) in [5, 5.41) is 9.40. The van der Waals surface area contributed by atoms with Crippen molar-refractivity contribution in [2.45, 2.75) is 32.0 Å². The molecule has 0 aromatic heterocycles. The van der Waals surface area contributed by atoms with E-state index in [2.05, 4.69) is 9.47 Å². The number of aliphatic hydroxyl groups excluding tert-OH is 1. The van der Waals surface area contributed by atoms with Crippen molar-refractivity contribution >= 4 is 0 Å². The van der Waals surface area contributed by atoms with Gasteiger partial charge in [-0.3, -0.25) is 0 Å². The van der Waals surface area contributed by atoms with Crippen LogP contribution in [0.5, 0.6) is 11.5 Å². The Morgan fingerprint density at radius 2 is 1.89 bits per heavy atom. The average Bonchev–Trinajstić information content (AvgIpc) is 2.56. The van der Waals surface area contributed by atoms with Crippen LogP contribution in [0.4, 0.5) is 8.78 Å². The van der Waals surface area contributed by atoms with E-state index in [0.29, 0.717) is 6.42 Å². The van der Waals surface area contributed by atoms with Crippen molar-refractivity contribution in [3.05, 3.63) is 23.8 Å². The fourth-order valence-corrected chi connectivity index (χ4v) is 2.60. The minimum Gasteiger partial charge on any atom is -0.396 e. The van der Waals surface area contributed by atoms with Crippen LogP contribution in [0, 0.1) is 5.41 Å². The predicted octanol–water partition coefficient (Wildman–Crippen LogP) is 2.71. The number of hydrogen-bond acceptors (Lipinski definition) is 3. The second-order valence-electron chi connectivity index (χ2n) is 5.14. The summed E-state index contributed by atoms with van der Waals surface area (Å²) in [6.07, 6.45) is 0.198. The number of benzene rings is 1. The van der Waals surface area contributed by atoms with Crippen LogP contribution < -0.4 is 9.47 Å². The molecule has 5 heteroatoms. The van der Waals surface area contributed by atoms with E-state index in [9.17, 15) is 13.9 Å². The van der Waals surface area contributed by atoms with Gasteiger partial charge in [-0.05, 0) is 42.4 Å². The molecule has 1 aromatic rings. The summed E-state index contributed by atoms with van der Waals surface area (Å²) in [5.41, 5.74) is 0.819. The fourth-order valence-electron chi connectivity index (χ4n) is 2.60. The Balaban J connectivity index is 1.80. The van der Waals surface area contributed by atoms with Crippen molar-refractivity contribution < 1.29 is 23.4 Å². The summed E-state index contributed by atoms with van der Waals surface area (Å²) in [6.45, 7) is 0.137. The molecule has 1 aromatic carbocycles. The number of hydrogen-bond donors (Lipinski definition) is 1. The summed E-state index contributed by atoms with van der Waals surface area (Å²) >= 11 is 0. The SMILES string of the molecule is OCC1(Cc2ccc3c(c2)OC(F)(F)O3)CCC1. The number of aliphatic hydroxyl groups is 1. The van der Waals surface area contributed by atoms with E-state index in [1.54, 1.807) is 12.1 Å². The molecule has 0 spiro atoms. The van der Waals surface area contributed by atoms with Crippen LogP contribution in [0.15, 0.2) is 18.2 Å². The third kappa shape index (κ3) is 1.92. The van der Waals surface area contributed by atoms with Crippen LogP contribution in [0.2, 0.25) is 0 Å². The highest BCUT2D eigenvalue weighted by Gasteiger charge is 2.44. The van der Waals surface area contributed by atoms with E-state index >= 15 is 0 Å². The molecule has 98 valence electrons. The van der Waals surface area contributed by atoms with Gasteiger partial charge in [0.05, 0.1) is 0 Å². The lowest BCUT2D eigenvalue weighted by Crippen LogP contribution is -2.35. The van der Waals surface area contributed by atoms with Gasteiger partial charge in [-0.2, -0.15) is 0 Å². The van der Waals surface area contributed by atoms with Gasteiger partial charge in [0.25, 0.3) is 0 Å². The molecule has 1 fully saturated rings. The minimum absolute atomic E-state index is 0.0652. The van der Waals surface area contributed by atoms with Gasteiger partial charge in [-0.1, -0.05) is 12.5 Å². The van der Waals surface area contributed by atoms with Crippen molar-refractivity contribution in [1.29, 1.82) is 0 Å².